The molecule has 1 aliphatic carbocycles. The Kier molecular flexibility index (Phi) is 1.51. The summed E-state index contributed by atoms with van der Waals surface area (Å²) in [5.74, 6) is 0. The highest BCUT2D eigenvalue weighted by atomic mass is 15.1. The molecule has 1 nitrogen and oxygen atoms in total. The minimum absolute atomic E-state index is 1.08. The van der Waals surface area contributed by atoms with Crippen molar-refractivity contribution in [2.75, 3.05) is 6.54 Å². The van der Waals surface area contributed by atoms with Crippen molar-refractivity contribution in [1.82, 2.24) is 4.90 Å². The number of benzene rings is 1. The number of rotatable bonds is 0. The van der Waals surface area contributed by atoms with Gasteiger partial charge in [-0.05, 0) is 34.4 Å². The maximum absolute atomic E-state index is 2.43. The molecule has 0 atom stereocenters. The number of hydrogen-bond donors (Lipinski definition) is 0. The van der Waals surface area contributed by atoms with Gasteiger partial charge >= 0.3 is 0 Å². The quantitative estimate of drug-likeness (QED) is 0.623. The van der Waals surface area contributed by atoms with Gasteiger partial charge in [-0.3, -0.25) is 0 Å². The van der Waals surface area contributed by atoms with E-state index in [2.05, 4.69) is 47.5 Å². The van der Waals surface area contributed by atoms with E-state index in [4.69, 9.17) is 0 Å². The normalized spacial score (nSPS) is 20.8. The monoisotopic (exact) mass is 207 g/mol. The average molecular weight is 207 g/mol. The molecule has 0 N–H and O–H groups in total. The van der Waals surface area contributed by atoms with E-state index in [1.165, 1.54) is 33.7 Å². The molecule has 16 heavy (non-hydrogen) atoms. The van der Waals surface area contributed by atoms with E-state index in [1.807, 2.05) is 0 Å². The Labute approximate surface area is 94.7 Å². The van der Waals surface area contributed by atoms with Crippen LogP contribution in [0.1, 0.15) is 12.8 Å². The van der Waals surface area contributed by atoms with E-state index in [-0.39, 0.29) is 0 Å². The molecule has 3 aliphatic rings. The summed E-state index contributed by atoms with van der Waals surface area (Å²) in [6.07, 6.45) is 9.20. The summed E-state index contributed by atoms with van der Waals surface area (Å²) in [5.41, 5.74) is 4.53. The topological polar surface area (TPSA) is 3.24 Å². The number of hydrogen-bond acceptors (Lipinski definition) is 1. The van der Waals surface area contributed by atoms with Crippen LogP contribution in [0.3, 0.4) is 0 Å². The third-order valence-corrected chi connectivity index (χ3v) is 3.72. The lowest BCUT2D eigenvalue weighted by atomic mass is 9.94. The van der Waals surface area contributed by atoms with Crippen molar-refractivity contribution < 1.29 is 0 Å². The summed E-state index contributed by atoms with van der Waals surface area (Å²) >= 11 is 0. The number of nitrogens with zero attached hydrogens (tertiary/aromatic N) is 1. The van der Waals surface area contributed by atoms with E-state index < -0.39 is 0 Å². The number of allylic oxidation sites excluding steroid dienone is 3. The van der Waals surface area contributed by atoms with E-state index in [0.29, 0.717) is 0 Å². The Morgan fingerprint density at radius 2 is 2.06 bits per heavy atom. The molecule has 0 fully saturated rings. The van der Waals surface area contributed by atoms with Crippen molar-refractivity contribution in [3.63, 3.8) is 0 Å². The Morgan fingerprint density at radius 1 is 1.12 bits per heavy atom. The molecule has 0 spiro atoms. The summed E-state index contributed by atoms with van der Waals surface area (Å²) < 4.78 is 0. The molecule has 0 bridgehead atoms. The van der Waals surface area contributed by atoms with E-state index in [0.717, 1.165) is 13.0 Å². The molecule has 2 heterocycles. The predicted molar refractivity (Wildman–Crippen MR) is 65.7 cm³/mol. The van der Waals surface area contributed by atoms with Crippen LogP contribution in [0.5, 0.6) is 0 Å². The fraction of sp³-hybridized carbons (Fsp3) is 0.200. The van der Waals surface area contributed by atoms with Crippen LogP contribution in [0.25, 0.3) is 11.8 Å². The average Bonchev–Trinajstić information content (AvgIpc) is 2.75. The first kappa shape index (κ1) is 8.40. The van der Waals surface area contributed by atoms with E-state index in [9.17, 15) is 0 Å². The third kappa shape index (κ3) is 0.955. The highest BCUT2D eigenvalue weighted by molar-refractivity contribution is 5.74. The first-order chi connectivity index (χ1) is 7.93. The molecule has 4 rings (SSSR count). The predicted octanol–water partition coefficient (Wildman–Crippen LogP) is 1.51. The van der Waals surface area contributed by atoms with Crippen LogP contribution in [0, 0.1) is 0 Å². The highest BCUT2D eigenvalue weighted by Gasteiger charge is 2.26. The van der Waals surface area contributed by atoms with Crippen LogP contribution < -0.4 is 10.4 Å². The Bertz CT molecular complexity index is 646. The molecule has 0 unspecified atom stereocenters. The van der Waals surface area contributed by atoms with Crippen molar-refractivity contribution in [2.45, 2.75) is 12.8 Å². The molecule has 1 heteroatoms. The van der Waals surface area contributed by atoms with Gasteiger partial charge in [0.25, 0.3) is 0 Å². The zero-order valence-electron chi connectivity index (χ0n) is 9.11. The second kappa shape index (κ2) is 2.88. The molecule has 1 aromatic carbocycles. The van der Waals surface area contributed by atoms with Crippen LogP contribution in [0.2, 0.25) is 0 Å². The summed E-state index contributed by atoms with van der Waals surface area (Å²) in [6, 6.07) is 8.74. The highest BCUT2D eigenvalue weighted by Crippen LogP contribution is 2.35. The fourth-order valence-electron chi connectivity index (χ4n) is 3.02. The first-order valence-corrected chi connectivity index (χ1v) is 5.90. The third-order valence-electron chi connectivity index (χ3n) is 3.72. The lowest BCUT2D eigenvalue weighted by Gasteiger charge is -2.25. The maximum Gasteiger partial charge on any atom is 0.0481 e. The molecule has 0 saturated carbocycles. The zero-order valence-corrected chi connectivity index (χ0v) is 9.11. The van der Waals surface area contributed by atoms with Crippen LogP contribution in [0.4, 0.5) is 0 Å². The van der Waals surface area contributed by atoms with E-state index >= 15 is 0 Å². The van der Waals surface area contributed by atoms with Crippen molar-refractivity contribution in [1.29, 1.82) is 0 Å². The zero-order chi connectivity index (χ0) is 10.5. The van der Waals surface area contributed by atoms with Crippen molar-refractivity contribution >= 4 is 11.8 Å². The smallest absolute Gasteiger partial charge is 0.0481 e. The minimum Gasteiger partial charge on any atom is -0.347 e. The van der Waals surface area contributed by atoms with Gasteiger partial charge in [0, 0.05) is 18.4 Å². The van der Waals surface area contributed by atoms with Crippen molar-refractivity contribution in [3.8, 4) is 0 Å². The van der Waals surface area contributed by atoms with Gasteiger partial charge in [0.15, 0.2) is 0 Å². The van der Waals surface area contributed by atoms with Gasteiger partial charge in [0.05, 0.1) is 0 Å². The molecule has 2 aliphatic heterocycles. The summed E-state index contributed by atoms with van der Waals surface area (Å²) in [6.45, 7) is 1.15. The molecular weight excluding hydrogens is 194 g/mol. The molecule has 0 saturated heterocycles. The van der Waals surface area contributed by atoms with Gasteiger partial charge in [-0.1, -0.05) is 36.4 Å². The van der Waals surface area contributed by atoms with Crippen molar-refractivity contribution in [3.05, 3.63) is 58.1 Å². The van der Waals surface area contributed by atoms with Gasteiger partial charge in [-0.15, -0.1) is 0 Å². The molecule has 0 amide bonds. The SMILES string of the molecule is C1=CC2=C3C(=c4ccccc4=CN3CC2)C1. The van der Waals surface area contributed by atoms with Gasteiger partial charge in [0.1, 0.15) is 0 Å². The molecule has 0 radical (unpaired) electrons. The molecule has 78 valence electrons. The van der Waals surface area contributed by atoms with Crippen LogP contribution in [0.15, 0.2) is 47.7 Å². The van der Waals surface area contributed by atoms with Crippen LogP contribution >= 0.6 is 0 Å². The Balaban J connectivity index is 2.17. The second-order valence-corrected chi connectivity index (χ2v) is 4.62. The largest absolute Gasteiger partial charge is 0.347 e. The summed E-state index contributed by atoms with van der Waals surface area (Å²) in [7, 11) is 0. The maximum atomic E-state index is 2.43. The standard InChI is InChI=1S/C15H13N/c1-2-6-13-12(4-1)10-16-9-8-11-5-3-7-14(13)15(11)16/h1-6,10H,7-9H2. The lowest BCUT2D eigenvalue weighted by Crippen LogP contribution is -2.36. The first-order valence-electron chi connectivity index (χ1n) is 5.90. The second-order valence-electron chi connectivity index (χ2n) is 4.62. The fourth-order valence-corrected chi connectivity index (χ4v) is 3.02. The minimum atomic E-state index is 1.08. The number of fused-ring (bicyclic) bond motifs is 1. The van der Waals surface area contributed by atoms with Crippen LogP contribution in [-0.4, -0.2) is 11.4 Å². The molecule has 0 aromatic heterocycles. The summed E-state index contributed by atoms with van der Waals surface area (Å²) in [4.78, 5) is 2.43. The molecular formula is C15H13N. The van der Waals surface area contributed by atoms with E-state index in [1.54, 1.807) is 0 Å². The van der Waals surface area contributed by atoms with Crippen molar-refractivity contribution in [2.24, 2.45) is 0 Å². The Morgan fingerprint density at radius 3 is 3.06 bits per heavy atom. The summed E-state index contributed by atoms with van der Waals surface area (Å²) in [5, 5.41) is 2.80. The van der Waals surface area contributed by atoms with Gasteiger partial charge in [-0.25, -0.2) is 0 Å². The molecule has 1 aromatic rings. The van der Waals surface area contributed by atoms with Gasteiger partial charge in [-0.2, -0.15) is 0 Å². The Hall–Kier alpha value is -1.76. The van der Waals surface area contributed by atoms with Gasteiger partial charge < -0.3 is 4.90 Å². The van der Waals surface area contributed by atoms with Gasteiger partial charge in [0.2, 0.25) is 0 Å². The lowest BCUT2D eigenvalue weighted by molar-refractivity contribution is 0.564. The van der Waals surface area contributed by atoms with Crippen LogP contribution in [-0.2, 0) is 0 Å².